The number of urea groups is 1. The lowest BCUT2D eigenvalue weighted by Gasteiger charge is -2.16. The van der Waals surface area contributed by atoms with Gasteiger partial charge in [-0.2, -0.15) is 31.3 Å². The number of benzene rings is 2. The van der Waals surface area contributed by atoms with Crippen LogP contribution >= 0.6 is 11.6 Å². The van der Waals surface area contributed by atoms with Crippen LogP contribution < -0.4 is 27.0 Å². The first kappa shape index (κ1) is 29.4. The predicted molar refractivity (Wildman–Crippen MR) is 137 cm³/mol. The Labute approximate surface area is 223 Å². The molecule has 0 aliphatic rings. The van der Waals surface area contributed by atoms with Crippen molar-refractivity contribution in [1.82, 2.24) is 9.97 Å². The number of alkyl halides is 6. The normalized spacial score (nSPS) is 12.2. The number of hydrogen-bond acceptors (Lipinski definition) is 6. The summed E-state index contributed by atoms with van der Waals surface area (Å²) in [4.78, 5) is 20.1. The van der Waals surface area contributed by atoms with Gasteiger partial charge in [0.1, 0.15) is 11.4 Å². The van der Waals surface area contributed by atoms with Gasteiger partial charge in [0.25, 0.3) is 0 Å². The number of anilines is 5. The van der Waals surface area contributed by atoms with Crippen LogP contribution in [0.25, 0.3) is 0 Å². The second-order valence-corrected chi connectivity index (χ2v) is 8.62. The standard InChI is InChI=1S/C24H22ClF6N7O/c1-12-3-4-15(36-22(39)35-14-5-6-18(25)16(9-14)23(26,27)28)10-19(12)37-21-34-11-17(24(29,30)31)20(38-21)33-8-7-13(2)32/h3-7,9-11H,8,32H2,1-2H3,(H2,35,36,39)(H2,33,34,37,38)/b13-7-. The monoisotopic (exact) mass is 573 g/mol. The van der Waals surface area contributed by atoms with E-state index in [9.17, 15) is 31.1 Å². The van der Waals surface area contributed by atoms with Gasteiger partial charge < -0.3 is 27.0 Å². The van der Waals surface area contributed by atoms with E-state index in [0.717, 1.165) is 6.07 Å². The number of carbonyl (C=O) groups is 1. The summed E-state index contributed by atoms with van der Waals surface area (Å²) in [5.74, 6) is -0.630. The molecule has 0 aliphatic carbocycles. The molecule has 0 aliphatic heterocycles. The maximum atomic E-state index is 13.4. The Balaban J connectivity index is 1.78. The molecule has 39 heavy (non-hydrogen) atoms. The first-order valence-electron chi connectivity index (χ1n) is 11.1. The summed E-state index contributed by atoms with van der Waals surface area (Å²) in [5, 5.41) is 9.60. The van der Waals surface area contributed by atoms with E-state index < -0.39 is 40.4 Å². The zero-order valence-corrected chi connectivity index (χ0v) is 21.1. The molecular weight excluding hydrogens is 552 g/mol. The first-order chi connectivity index (χ1) is 18.1. The lowest BCUT2D eigenvalue weighted by Crippen LogP contribution is -2.20. The highest BCUT2D eigenvalue weighted by atomic mass is 35.5. The first-order valence-corrected chi connectivity index (χ1v) is 11.4. The van der Waals surface area contributed by atoms with Crippen LogP contribution in [0.4, 0.5) is 60.0 Å². The third-order valence-corrected chi connectivity index (χ3v) is 5.39. The summed E-state index contributed by atoms with van der Waals surface area (Å²) in [6.45, 7) is 3.27. The Hall–Kier alpha value is -4.20. The average molecular weight is 574 g/mol. The molecule has 0 fully saturated rings. The molecule has 15 heteroatoms. The van der Waals surface area contributed by atoms with Crippen molar-refractivity contribution in [3.8, 4) is 0 Å². The van der Waals surface area contributed by atoms with E-state index >= 15 is 0 Å². The van der Waals surface area contributed by atoms with E-state index in [1.165, 1.54) is 24.3 Å². The number of hydrogen-bond donors (Lipinski definition) is 5. The van der Waals surface area contributed by atoms with Gasteiger partial charge in [0.05, 0.1) is 10.6 Å². The SMILES string of the molecule is C/C(N)=C/CNc1nc(Nc2cc(NC(=O)Nc3ccc(Cl)c(C(F)(F)F)c3)ccc2C)ncc1C(F)(F)F. The fourth-order valence-corrected chi connectivity index (χ4v) is 3.39. The zero-order chi connectivity index (χ0) is 29.0. The molecule has 2 amide bonds. The second kappa shape index (κ2) is 11.7. The third-order valence-electron chi connectivity index (χ3n) is 5.06. The lowest BCUT2D eigenvalue weighted by molar-refractivity contribution is -0.138. The van der Waals surface area contributed by atoms with E-state index in [1.807, 2.05) is 0 Å². The number of amides is 2. The molecule has 3 rings (SSSR count). The van der Waals surface area contributed by atoms with Crippen molar-refractivity contribution < 1.29 is 31.1 Å². The molecule has 208 valence electrons. The summed E-state index contributed by atoms with van der Waals surface area (Å²) in [6.07, 6.45) is -7.31. The molecule has 1 aromatic heterocycles. The van der Waals surface area contributed by atoms with E-state index in [4.69, 9.17) is 17.3 Å². The number of halogens is 7. The van der Waals surface area contributed by atoms with Crippen molar-refractivity contribution in [3.63, 3.8) is 0 Å². The molecule has 8 nitrogen and oxygen atoms in total. The Morgan fingerprint density at radius 1 is 1.00 bits per heavy atom. The minimum absolute atomic E-state index is 0.00645. The molecular formula is C24H22ClF6N7O. The fourth-order valence-electron chi connectivity index (χ4n) is 3.16. The average Bonchev–Trinajstić information content (AvgIpc) is 2.81. The van der Waals surface area contributed by atoms with Crippen LogP contribution in [0, 0.1) is 6.92 Å². The summed E-state index contributed by atoms with van der Waals surface area (Å²) in [5.41, 5.74) is 4.80. The van der Waals surface area contributed by atoms with Crippen molar-refractivity contribution in [2.24, 2.45) is 5.73 Å². The number of rotatable bonds is 7. The highest BCUT2D eigenvalue weighted by Gasteiger charge is 2.35. The number of aromatic nitrogens is 2. The molecule has 2 aromatic carbocycles. The van der Waals surface area contributed by atoms with Gasteiger partial charge in [-0.1, -0.05) is 17.7 Å². The Morgan fingerprint density at radius 3 is 2.23 bits per heavy atom. The smallest absolute Gasteiger partial charge is 0.402 e. The van der Waals surface area contributed by atoms with Crippen LogP contribution in [0.2, 0.25) is 5.02 Å². The summed E-state index contributed by atoms with van der Waals surface area (Å²) in [7, 11) is 0. The van der Waals surface area contributed by atoms with Gasteiger partial charge in [0, 0.05) is 35.5 Å². The number of aryl methyl sites for hydroxylation is 1. The highest BCUT2D eigenvalue weighted by molar-refractivity contribution is 6.31. The predicted octanol–water partition coefficient (Wildman–Crippen LogP) is 7.14. The van der Waals surface area contributed by atoms with Crippen LogP contribution in [-0.4, -0.2) is 22.5 Å². The molecule has 0 radical (unpaired) electrons. The zero-order valence-electron chi connectivity index (χ0n) is 20.4. The second-order valence-electron chi connectivity index (χ2n) is 8.21. The van der Waals surface area contributed by atoms with Crippen LogP contribution in [0.5, 0.6) is 0 Å². The van der Waals surface area contributed by atoms with Crippen molar-refractivity contribution >= 4 is 46.5 Å². The maximum absolute atomic E-state index is 13.4. The molecule has 6 N–H and O–H groups in total. The van der Waals surface area contributed by atoms with Gasteiger partial charge in [-0.05, 0) is 55.8 Å². The molecule has 0 spiro atoms. The van der Waals surface area contributed by atoms with Crippen LogP contribution in [-0.2, 0) is 12.4 Å². The quantitative estimate of drug-likeness (QED) is 0.192. The van der Waals surface area contributed by atoms with Gasteiger partial charge in [-0.25, -0.2) is 9.78 Å². The molecule has 0 atom stereocenters. The van der Waals surface area contributed by atoms with Gasteiger partial charge >= 0.3 is 18.4 Å². The number of allylic oxidation sites excluding steroid dienone is 1. The topological polar surface area (TPSA) is 117 Å². The lowest BCUT2D eigenvalue weighted by atomic mass is 10.2. The van der Waals surface area contributed by atoms with Gasteiger partial charge in [-0.3, -0.25) is 0 Å². The summed E-state index contributed by atoms with van der Waals surface area (Å²) < 4.78 is 79.4. The molecule has 3 aromatic rings. The van der Waals surface area contributed by atoms with Crippen molar-refractivity contribution in [2.45, 2.75) is 26.2 Å². The van der Waals surface area contributed by atoms with Crippen molar-refractivity contribution in [1.29, 1.82) is 0 Å². The van der Waals surface area contributed by atoms with E-state index in [1.54, 1.807) is 19.9 Å². The minimum atomic E-state index is -4.71. The van der Waals surface area contributed by atoms with E-state index in [-0.39, 0.29) is 23.9 Å². The largest absolute Gasteiger partial charge is 0.421 e. The van der Waals surface area contributed by atoms with Gasteiger partial charge in [-0.15, -0.1) is 0 Å². The van der Waals surface area contributed by atoms with Crippen molar-refractivity contribution in [3.05, 3.63) is 76.1 Å². The highest BCUT2D eigenvalue weighted by Crippen LogP contribution is 2.36. The number of nitrogens with one attached hydrogen (secondary N) is 4. The van der Waals surface area contributed by atoms with Crippen molar-refractivity contribution in [2.75, 3.05) is 27.8 Å². The Kier molecular flexibility index (Phi) is 8.79. The maximum Gasteiger partial charge on any atom is 0.421 e. The Bertz CT molecular complexity index is 1390. The van der Waals surface area contributed by atoms with E-state index in [0.29, 0.717) is 29.2 Å². The molecule has 0 saturated carbocycles. The fraction of sp³-hybridized carbons (Fsp3) is 0.208. The van der Waals surface area contributed by atoms with Gasteiger partial charge in [0.2, 0.25) is 5.95 Å². The number of nitrogens with two attached hydrogens (primary N) is 1. The summed E-state index contributed by atoms with van der Waals surface area (Å²) >= 11 is 5.59. The molecule has 0 bridgehead atoms. The van der Waals surface area contributed by atoms with Crippen LogP contribution in [0.15, 0.2) is 54.4 Å². The third kappa shape index (κ3) is 8.14. The van der Waals surface area contributed by atoms with Crippen LogP contribution in [0.1, 0.15) is 23.6 Å². The summed E-state index contributed by atoms with van der Waals surface area (Å²) in [6, 6.07) is 6.63. The molecule has 0 saturated heterocycles. The number of nitrogens with zero attached hydrogens (tertiary/aromatic N) is 2. The Morgan fingerprint density at radius 2 is 1.62 bits per heavy atom. The number of carbonyl (C=O) groups excluding carboxylic acids is 1. The van der Waals surface area contributed by atoms with E-state index in [2.05, 4.69) is 31.2 Å². The van der Waals surface area contributed by atoms with Crippen LogP contribution in [0.3, 0.4) is 0 Å². The minimum Gasteiger partial charge on any atom is -0.402 e. The molecule has 1 heterocycles. The van der Waals surface area contributed by atoms with Gasteiger partial charge in [0.15, 0.2) is 0 Å². The molecule has 0 unspecified atom stereocenters.